The van der Waals surface area contributed by atoms with Gasteiger partial charge in [-0.3, -0.25) is 0 Å². The summed E-state index contributed by atoms with van der Waals surface area (Å²) in [5.41, 5.74) is 1.43. The van der Waals surface area contributed by atoms with E-state index in [4.69, 9.17) is 10.2 Å². The maximum Gasteiger partial charge on any atom is 0.231 e. The largest absolute Gasteiger partial charge is 0.231 e. The van der Waals surface area contributed by atoms with E-state index < -0.39 is 0 Å². The summed E-state index contributed by atoms with van der Waals surface area (Å²) < 4.78 is 0. The van der Waals surface area contributed by atoms with Gasteiger partial charge in [0.2, 0.25) is 6.08 Å². The molecule has 2 aliphatic carbocycles. The minimum absolute atomic E-state index is 0.677. The Morgan fingerprint density at radius 1 is 1.42 bits per heavy atom. The first-order valence-corrected chi connectivity index (χ1v) is 4.52. The lowest BCUT2D eigenvalue weighted by Gasteiger charge is -2.68. The van der Waals surface area contributed by atoms with E-state index in [1.54, 1.807) is 0 Å². The molecular weight excluding hydrogens is 150 g/mol. The van der Waals surface area contributed by atoms with Gasteiger partial charge in [0.15, 0.2) is 0 Å². The summed E-state index contributed by atoms with van der Waals surface area (Å²) in [5, 5.41) is 5.40. The molecule has 2 saturated carbocycles. The van der Waals surface area contributed by atoms with Crippen molar-refractivity contribution in [3.05, 3.63) is 0 Å². The summed E-state index contributed by atoms with van der Waals surface area (Å²) in [6.07, 6.45) is 5.24. The van der Waals surface area contributed by atoms with Crippen LogP contribution >= 0.6 is 0 Å². The molecule has 0 aliphatic heterocycles. The van der Waals surface area contributed by atoms with Gasteiger partial charge in [0.1, 0.15) is 0 Å². The van der Waals surface area contributed by atoms with E-state index in [0.717, 1.165) is 17.4 Å². The van der Waals surface area contributed by atoms with Gasteiger partial charge in [-0.25, -0.2) is 10.2 Å². The summed E-state index contributed by atoms with van der Waals surface area (Å²) in [6.45, 7) is 7.30. The van der Waals surface area contributed by atoms with E-state index >= 15 is 0 Å². The van der Waals surface area contributed by atoms with Crippen LogP contribution in [0.2, 0.25) is 0 Å². The molecule has 0 radical (unpaired) electrons. The van der Waals surface area contributed by atoms with Gasteiger partial charge in [0.25, 0.3) is 0 Å². The van der Waals surface area contributed by atoms with Crippen molar-refractivity contribution in [1.82, 2.24) is 0 Å². The molecule has 68 valence electrons. The monoisotopic (exact) mass is 167 g/mol. The molecule has 1 N–H and O–H groups in total. The van der Waals surface area contributed by atoms with Gasteiger partial charge >= 0.3 is 0 Å². The third kappa shape index (κ3) is 1.02. The van der Waals surface area contributed by atoms with Crippen LogP contribution in [0.3, 0.4) is 0 Å². The molecule has 0 aromatic heterocycles. The number of hydrogen-bond donors (Lipinski definition) is 1. The summed E-state index contributed by atoms with van der Waals surface area (Å²) in [7, 11) is 0. The van der Waals surface area contributed by atoms with Crippen LogP contribution in [0.1, 0.15) is 40.0 Å². The quantitative estimate of drug-likeness (QED) is 0.437. The van der Waals surface area contributed by atoms with Gasteiger partial charge in [-0.15, -0.1) is 0 Å². The van der Waals surface area contributed by atoms with E-state index in [1.807, 2.05) is 0 Å². The van der Waals surface area contributed by atoms with Crippen LogP contribution in [0.5, 0.6) is 0 Å². The van der Waals surface area contributed by atoms with Crippen molar-refractivity contribution in [2.75, 3.05) is 0 Å². The molecule has 12 heavy (non-hydrogen) atoms. The van der Waals surface area contributed by atoms with Crippen LogP contribution < -0.4 is 0 Å². The summed E-state index contributed by atoms with van der Waals surface area (Å²) in [6, 6.07) is 0. The van der Waals surface area contributed by atoms with Crippen molar-refractivity contribution in [3.8, 4) is 0 Å². The Morgan fingerprint density at radius 2 is 1.92 bits per heavy atom. The molecule has 2 fully saturated rings. The Labute approximate surface area is 73.9 Å². The van der Waals surface area contributed by atoms with Gasteiger partial charge in [0, 0.05) is 0 Å². The highest BCUT2D eigenvalue weighted by molar-refractivity contribution is 5.26. The lowest BCUT2D eigenvalue weighted by molar-refractivity contribution is -0.184. The zero-order valence-electron chi connectivity index (χ0n) is 8.11. The lowest BCUT2D eigenvalue weighted by atomic mass is 9.37. The van der Waals surface area contributed by atoms with Crippen LogP contribution in [0.25, 0.3) is 0 Å². The van der Waals surface area contributed by atoms with Gasteiger partial charge in [-0.1, -0.05) is 20.8 Å². The molecule has 2 nitrogen and oxygen atoms in total. The van der Waals surface area contributed by atoms with Gasteiger partial charge in [0.05, 0.1) is 0 Å². The van der Waals surface area contributed by atoms with Crippen LogP contribution in [-0.4, -0.2) is 6.08 Å². The topological polar surface area (TPSA) is 40.9 Å². The molecule has 0 heterocycles. The fraction of sp³-hybridized carbons (Fsp3) is 0.900. The van der Waals surface area contributed by atoms with E-state index in [9.17, 15) is 0 Å². The average Bonchev–Trinajstić information content (AvgIpc) is 1.99. The Hall–Kier alpha value is -0.620. The Bertz CT molecular complexity index is 216. The van der Waals surface area contributed by atoms with E-state index in [1.165, 1.54) is 19.3 Å². The number of rotatable bonds is 0. The van der Waals surface area contributed by atoms with E-state index in [-0.39, 0.29) is 0 Å². The lowest BCUT2D eigenvalue weighted by Crippen LogP contribution is -2.59. The second-order valence-corrected chi connectivity index (χ2v) is 4.84. The molecule has 2 atom stereocenters. The highest BCUT2D eigenvalue weighted by Crippen LogP contribution is 2.70. The van der Waals surface area contributed by atoms with Gasteiger partial charge in [-0.05, 0) is 36.0 Å². The zero-order chi connectivity index (χ0) is 9.41. The van der Waals surface area contributed by atoms with E-state index in [2.05, 4.69) is 20.8 Å². The van der Waals surface area contributed by atoms with E-state index in [0.29, 0.717) is 5.41 Å². The average molecular weight is 167 g/mol. The smallest absolute Gasteiger partial charge is 0.222 e. The zero-order valence-corrected chi connectivity index (χ0v) is 8.11. The summed E-state index contributed by atoms with van der Waals surface area (Å²) in [5.74, 6) is 1.10. The molecule has 2 unspecified atom stereocenters. The van der Waals surface area contributed by atoms with Crippen LogP contribution in [0.15, 0.2) is 0 Å². The molecule has 2 rings (SSSR count). The van der Waals surface area contributed by atoms with Crippen molar-refractivity contribution >= 4 is 6.08 Å². The van der Waals surface area contributed by atoms with Crippen molar-refractivity contribution in [2.24, 2.45) is 16.7 Å². The van der Waals surface area contributed by atoms with Crippen LogP contribution in [0.4, 0.5) is 0 Å². The molecule has 0 aromatic rings. The molecule has 2 aliphatic rings. The predicted octanol–water partition coefficient (Wildman–Crippen LogP) is 2.73. The first-order chi connectivity index (χ1) is 5.48. The summed E-state index contributed by atoms with van der Waals surface area (Å²) >= 11 is 0. The highest BCUT2D eigenvalue weighted by Gasteiger charge is 2.61. The molecule has 0 bridgehead atoms. The third-order valence-electron chi connectivity index (χ3n) is 4.22. The summed E-state index contributed by atoms with van der Waals surface area (Å²) in [4.78, 5) is 8.35. The van der Waals surface area contributed by atoms with Crippen LogP contribution in [-0.2, 0) is 4.79 Å². The molecule has 0 spiro atoms. The molecule has 0 saturated heterocycles. The van der Waals surface area contributed by atoms with Crippen LogP contribution in [0, 0.1) is 22.2 Å². The normalized spacial score (nSPS) is 40.4. The first-order valence-electron chi connectivity index (χ1n) is 4.52. The fourth-order valence-corrected chi connectivity index (χ4v) is 2.72. The van der Waals surface area contributed by atoms with Crippen molar-refractivity contribution < 1.29 is 4.79 Å². The minimum Gasteiger partial charge on any atom is -0.222 e. The number of isocyanates is 1. The van der Waals surface area contributed by atoms with Crippen molar-refractivity contribution in [2.45, 2.75) is 40.0 Å². The van der Waals surface area contributed by atoms with Gasteiger partial charge in [-0.2, -0.15) is 0 Å². The van der Waals surface area contributed by atoms with Crippen molar-refractivity contribution in [3.63, 3.8) is 0 Å². The fourth-order valence-electron chi connectivity index (χ4n) is 2.72. The Balaban J connectivity index is 0.000000213. The highest BCUT2D eigenvalue weighted by atomic mass is 16.1. The maximum absolute atomic E-state index is 8.35. The Morgan fingerprint density at radius 3 is 1.92 bits per heavy atom. The third-order valence-corrected chi connectivity index (χ3v) is 4.22. The predicted molar refractivity (Wildman–Crippen MR) is 47.6 cm³/mol. The number of nitrogens with one attached hydrogen (secondary N) is 1. The molecule has 2 heteroatoms. The number of hydrogen-bond acceptors (Lipinski definition) is 2. The first kappa shape index (κ1) is 9.47. The maximum atomic E-state index is 8.35. The molecule has 0 aromatic carbocycles. The number of fused-ring (bicyclic) bond motifs is 1. The molecule has 0 amide bonds. The SMILES string of the molecule is CC1(C)CC2CCC21C.N=C=O. The number of carbonyl (C=O) groups excluding carboxylic acids is 1. The molecular formula is C10H17NO. The van der Waals surface area contributed by atoms with Gasteiger partial charge < -0.3 is 0 Å². The van der Waals surface area contributed by atoms with Crippen molar-refractivity contribution in [1.29, 1.82) is 5.41 Å². The Kier molecular flexibility index (Phi) is 2.13. The second kappa shape index (κ2) is 2.70. The standard InChI is InChI=1S/C9H16.CHNO/c1-8(2)6-7-4-5-9(7,8)3;2-1-3/h7H,4-6H2,1-3H3;2H. The second-order valence-electron chi connectivity index (χ2n) is 4.84. The minimum atomic E-state index is 0.677.